The summed E-state index contributed by atoms with van der Waals surface area (Å²) in [6.07, 6.45) is 4.09. The third kappa shape index (κ3) is 3.57. The van der Waals surface area contributed by atoms with E-state index < -0.39 is 0 Å². The molecule has 0 aromatic heterocycles. The molecule has 0 amide bonds. The SMILES string of the molecule is CCC1=C(Nc2ccc(OC)c(OC3Cc4ccccc4C3)c2)CCC1=O. The molecular formula is C23H25NO3. The molecule has 4 rings (SSSR count). The number of fused-ring (bicyclic) bond motifs is 1. The Labute approximate surface area is 160 Å². The van der Waals surface area contributed by atoms with Gasteiger partial charge in [0.05, 0.1) is 7.11 Å². The maximum absolute atomic E-state index is 12.0. The maximum atomic E-state index is 12.0. The van der Waals surface area contributed by atoms with Crippen LogP contribution in [0.25, 0.3) is 0 Å². The van der Waals surface area contributed by atoms with Crippen molar-refractivity contribution < 1.29 is 14.3 Å². The fourth-order valence-corrected chi connectivity index (χ4v) is 4.06. The number of anilines is 1. The number of Topliss-reactive ketones (excluding diaryl/α,β-unsaturated/α-hetero) is 1. The first-order valence-electron chi connectivity index (χ1n) is 9.61. The lowest BCUT2D eigenvalue weighted by Gasteiger charge is -2.18. The van der Waals surface area contributed by atoms with Crippen molar-refractivity contribution in [3.63, 3.8) is 0 Å². The Morgan fingerprint density at radius 1 is 1.04 bits per heavy atom. The van der Waals surface area contributed by atoms with E-state index in [1.807, 2.05) is 25.1 Å². The molecule has 0 unspecified atom stereocenters. The lowest BCUT2D eigenvalue weighted by Crippen LogP contribution is -2.17. The molecule has 2 aliphatic rings. The number of hydrogen-bond donors (Lipinski definition) is 1. The van der Waals surface area contributed by atoms with E-state index in [1.165, 1.54) is 11.1 Å². The molecule has 2 aromatic rings. The van der Waals surface area contributed by atoms with Crippen LogP contribution >= 0.6 is 0 Å². The van der Waals surface area contributed by atoms with Gasteiger partial charge >= 0.3 is 0 Å². The van der Waals surface area contributed by atoms with Crippen LogP contribution in [-0.4, -0.2) is 19.0 Å². The van der Waals surface area contributed by atoms with Crippen molar-refractivity contribution in [2.45, 2.75) is 45.1 Å². The van der Waals surface area contributed by atoms with E-state index in [-0.39, 0.29) is 11.9 Å². The molecule has 27 heavy (non-hydrogen) atoms. The number of carbonyl (C=O) groups is 1. The highest BCUT2D eigenvalue weighted by atomic mass is 16.5. The average Bonchev–Trinajstić information content (AvgIpc) is 3.24. The van der Waals surface area contributed by atoms with E-state index in [0.29, 0.717) is 6.42 Å². The molecule has 4 heteroatoms. The Hall–Kier alpha value is -2.75. The van der Waals surface area contributed by atoms with Gasteiger partial charge in [-0.2, -0.15) is 0 Å². The molecule has 4 nitrogen and oxygen atoms in total. The van der Waals surface area contributed by atoms with Crippen molar-refractivity contribution >= 4 is 11.5 Å². The van der Waals surface area contributed by atoms with Gasteiger partial charge in [0.15, 0.2) is 17.3 Å². The highest BCUT2D eigenvalue weighted by molar-refractivity contribution is 5.99. The first-order valence-corrected chi connectivity index (χ1v) is 9.61. The van der Waals surface area contributed by atoms with Crippen LogP contribution in [0.2, 0.25) is 0 Å². The summed E-state index contributed by atoms with van der Waals surface area (Å²) in [6, 6.07) is 14.4. The highest BCUT2D eigenvalue weighted by Gasteiger charge is 2.24. The number of methoxy groups -OCH3 is 1. The summed E-state index contributed by atoms with van der Waals surface area (Å²) < 4.78 is 11.8. The topological polar surface area (TPSA) is 47.6 Å². The van der Waals surface area contributed by atoms with Crippen molar-refractivity contribution in [1.82, 2.24) is 0 Å². The molecule has 0 spiro atoms. The van der Waals surface area contributed by atoms with Crippen LogP contribution in [0.3, 0.4) is 0 Å². The molecular weight excluding hydrogens is 338 g/mol. The minimum Gasteiger partial charge on any atom is -0.493 e. The van der Waals surface area contributed by atoms with Gasteiger partial charge in [-0.1, -0.05) is 31.2 Å². The summed E-state index contributed by atoms with van der Waals surface area (Å²) in [5.41, 5.74) is 5.60. The summed E-state index contributed by atoms with van der Waals surface area (Å²) in [5.74, 6) is 1.72. The number of nitrogens with one attached hydrogen (secondary N) is 1. The zero-order valence-electron chi connectivity index (χ0n) is 15.9. The Balaban J connectivity index is 1.54. The first-order chi connectivity index (χ1) is 13.2. The molecule has 0 saturated heterocycles. The van der Waals surface area contributed by atoms with Crippen LogP contribution in [-0.2, 0) is 17.6 Å². The molecule has 2 aliphatic carbocycles. The highest BCUT2D eigenvalue weighted by Crippen LogP contribution is 2.35. The quantitative estimate of drug-likeness (QED) is 0.809. The molecule has 0 saturated carbocycles. The monoisotopic (exact) mass is 363 g/mol. The lowest BCUT2D eigenvalue weighted by atomic mass is 10.1. The van der Waals surface area contributed by atoms with E-state index in [2.05, 4.69) is 29.6 Å². The number of carbonyl (C=O) groups excluding carboxylic acids is 1. The maximum Gasteiger partial charge on any atom is 0.163 e. The molecule has 0 bridgehead atoms. The molecule has 140 valence electrons. The summed E-state index contributed by atoms with van der Waals surface area (Å²) in [6.45, 7) is 2.03. The first kappa shape index (κ1) is 17.7. The number of rotatable bonds is 6. The summed E-state index contributed by atoms with van der Waals surface area (Å²) in [7, 11) is 1.66. The summed E-state index contributed by atoms with van der Waals surface area (Å²) in [4.78, 5) is 12.0. The number of allylic oxidation sites excluding steroid dienone is 2. The smallest absolute Gasteiger partial charge is 0.163 e. The van der Waals surface area contributed by atoms with Gasteiger partial charge in [-0.3, -0.25) is 4.79 Å². The van der Waals surface area contributed by atoms with Gasteiger partial charge < -0.3 is 14.8 Å². The zero-order valence-corrected chi connectivity index (χ0v) is 15.9. The minimum absolute atomic E-state index is 0.116. The molecule has 0 aliphatic heterocycles. The van der Waals surface area contributed by atoms with Crippen molar-refractivity contribution in [3.8, 4) is 11.5 Å². The third-order valence-electron chi connectivity index (χ3n) is 5.42. The van der Waals surface area contributed by atoms with Crippen LogP contribution in [0.5, 0.6) is 11.5 Å². The second-order valence-corrected chi connectivity index (χ2v) is 7.14. The Bertz CT molecular complexity index is 875. The van der Waals surface area contributed by atoms with E-state index in [1.54, 1.807) is 7.11 Å². The fourth-order valence-electron chi connectivity index (χ4n) is 4.06. The Kier molecular flexibility index (Phi) is 4.88. The number of benzene rings is 2. The molecule has 2 aromatic carbocycles. The molecule has 0 atom stereocenters. The van der Waals surface area contributed by atoms with Crippen molar-refractivity contribution in [1.29, 1.82) is 0 Å². The van der Waals surface area contributed by atoms with Gasteiger partial charge in [-0.25, -0.2) is 0 Å². The standard InChI is InChI=1S/C23H25NO3/c1-3-19-20(9-10-21(19)25)24-17-8-11-22(26-2)23(14-17)27-18-12-15-6-4-5-7-16(15)13-18/h4-8,11,14,18,24H,3,9-10,12-13H2,1-2H3. The fraction of sp³-hybridized carbons (Fsp3) is 0.348. The van der Waals surface area contributed by atoms with Crippen LogP contribution in [0, 0.1) is 0 Å². The number of ketones is 1. The molecule has 0 radical (unpaired) electrons. The number of ether oxygens (including phenoxy) is 2. The van der Waals surface area contributed by atoms with E-state index in [0.717, 1.165) is 54.1 Å². The number of hydrogen-bond acceptors (Lipinski definition) is 4. The molecule has 0 heterocycles. The van der Waals surface area contributed by atoms with Crippen LogP contribution in [0.15, 0.2) is 53.7 Å². The molecule has 0 fully saturated rings. The van der Waals surface area contributed by atoms with Crippen LogP contribution in [0.4, 0.5) is 5.69 Å². The Morgan fingerprint density at radius 3 is 2.44 bits per heavy atom. The predicted molar refractivity (Wildman–Crippen MR) is 106 cm³/mol. The van der Waals surface area contributed by atoms with Gasteiger partial charge in [0.25, 0.3) is 0 Å². The van der Waals surface area contributed by atoms with E-state index in [4.69, 9.17) is 9.47 Å². The van der Waals surface area contributed by atoms with E-state index in [9.17, 15) is 4.79 Å². The van der Waals surface area contributed by atoms with Crippen molar-refractivity contribution in [2.75, 3.05) is 12.4 Å². The molecule has 1 N–H and O–H groups in total. The predicted octanol–water partition coefficient (Wildman–Crippen LogP) is 4.68. The second kappa shape index (κ2) is 7.47. The van der Waals surface area contributed by atoms with Crippen molar-refractivity contribution in [3.05, 3.63) is 64.9 Å². The van der Waals surface area contributed by atoms with Gasteiger partial charge in [0, 0.05) is 42.3 Å². The van der Waals surface area contributed by atoms with E-state index >= 15 is 0 Å². The van der Waals surface area contributed by atoms with Gasteiger partial charge in [-0.05, 0) is 36.1 Å². The van der Waals surface area contributed by atoms with Gasteiger partial charge in [0.1, 0.15) is 6.10 Å². The van der Waals surface area contributed by atoms with Gasteiger partial charge in [-0.15, -0.1) is 0 Å². The summed E-state index contributed by atoms with van der Waals surface area (Å²) in [5, 5.41) is 3.43. The van der Waals surface area contributed by atoms with Crippen LogP contribution in [0.1, 0.15) is 37.3 Å². The zero-order chi connectivity index (χ0) is 18.8. The largest absolute Gasteiger partial charge is 0.493 e. The normalized spacial score (nSPS) is 16.6. The van der Waals surface area contributed by atoms with Gasteiger partial charge in [0.2, 0.25) is 0 Å². The minimum atomic E-state index is 0.116. The van der Waals surface area contributed by atoms with Crippen LogP contribution < -0.4 is 14.8 Å². The summed E-state index contributed by atoms with van der Waals surface area (Å²) >= 11 is 0. The third-order valence-corrected chi connectivity index (χ3v) is 5.42. The second-order valence-electron chi connectivity index (χ2n) is 7.14. The average molecular weight is 363 g/mol. The Morgan fingerprint density at radius 2 is 1.78 bits per heavy atom. The lowest BCUT2D eigenvalue weighted by molar-refractivity contribution is -0.115. The van der Waals surface area contributed by atoms with Crippen molar-refractivity contribution in [2.24, 2.45) is 0 Å².